The van der Waals surface area contributed by atoms with Crippen LogP contribution in [0.1, 0.15) is 25.3 Å². The van der Waals surface area contributed by atoms with E-state index in [1.807, 2.05) is 0 Å². The van der Waals surface area contributed by atoms with Gasteiger partial charge in [0.05, 0.1) is 7.11 Å². The molecule has 4 atom stereocenters. The van der Waals surface area contributed by atoms with Crippen molar-refractivity contribution < 1.29 is 41.3 Å². The van der Waals surface area contributed by atoms with E-state index < -0.39 is 58.9 Å². The van der Waals surface area contributed by atoms with E-state index in [2.05, 4.69) is 10.3 Å². The maximum absolute atomic E-state index is 14.3. The first-order chi connectivity index (χ1) is 14.4. The predicted molar refractivity (Wildman–Crippen MR) is 98.7 cm³/mol. The summed E-state index contributed by atoms with van der Waals surface area (Å²) in [6, 6.07) is 4.22. The highest BCUT2D eigenvalue weighted by atomic mass is 19.4. The van der Waals surface area contributed by atoms with Crippen molar-refractivity contribution in [3.63, 3.8) is 0 Å². The molecule has 0 radical (unpaired) electrons. The Morgan fingerprint density at radius 1 is 1.29 bits per heavy atom. The van der Waals surface area contributed by atoms with E-state index in [0.29, 0.717) is 0 Å². The number of anilines is 1. The fourth-order valence-electron chi connectivity index (χ4n) is 3.75. The minimum atomic E-state index is -4.86. The number of carbonyl (C=O) groups excluding carboxylic acids is 1. The van der Waals surface area contributed by atoms with Crippen LogP contribution in [0.25, 0.3) is 0 Å². The zero-order chi connectivity index (χ0) is 23.1. The van der Waals surface area contributed by atoms with Crippen molar-refractivity contribution in [2.24, 2.45) is 5.92 Å². The standard InChI is InChI=1S/C20H19F5N2O4/c1-9-14(11-4-5-12(21)15(22)16(11)30-3)17(31-19(9,2)20(23,24)25)18(29)27-10-6-7-26-13(28)8-10/h4-9,14,17H,1-3H3,(H2,26,27,28,29)/t9-,14-,17+,19+/m0/s1. The number of amides is 1. The van der Waals surface area contributed by atoms with Gasteiger partial charge in [0, 0.05) is 35.3 Å². The maximum atomic E-state index is 14.3. The first kappa shape index (κ1) is 22.7. The summed E-state index contributed by atoms with van der Waals surface area (Å²) in [4.78, 5) is 16.5. The Hall–Kier alpha value is -2.95. The number of aromatic hydroxyl groups is 1. The fraction of sp³-hybridized carbons (Fsp3) is 0.400. The number of aromatic nitrogens is 1. The molecule has 11 heteroatoms. The molecule has 1 aliphatic heterocycles. The molecular weight excluding hydrogens is 427 g/mol. The largest absolute Gasteiger partial charge is 0.493 e. The molecule has 0 unspecified atom stereocenters. The van der Waals surface area contributed by atoms with Gasteiger partial charge in [-0.2, -0.15) is 17.6 Å². The van der Waals surface area contributed by atoms with Crippen molar-refractivity contribution in [1.29, 1.82) is 0 Å². The Bertz CT molecular complexity index is 1000. The van der Waals surface area contributed by atoms with E-state index >= 15 is 0 Å². The highest BCUT2D eigenvalue weighted by Gasteiger charge is 2.65. The van der Waals surface area contributed by atoms with Crippen LogP contribution in [0.3, 0.4) is 0 Å². The van der Waals surface area contributed by atoms with E-state index in [9.17, 15) is 31.9 Å². The number of nitrogens with one attached hydrogen (secondary N) is 1. The summed E-state index contributed by atoms with van der Waals surface area (Å²) in [7, 11) is 1.04. The predicted octanol–water partition coefficient (Wildman–Crippen LogP) is 4.15. The van der Waals surface area contributed by atoms with Crippen LogP contribution < -0.4 is 10.1 Å². The minimum absolute atomic E-state index is 0.0605. The van der Waals surface area contributed by atoms with Crippen molar-refractivity contribution in [3.8, 4) is 11.6 Å². The molecule has 0 aliphatic carbocycles. The number of methoxy groups -OCH3 is 1. The molecular formula is C20H19F5N2O4. The van der Waals surface area contributed by atoms with Crippen LogP contribution in [0, 0.1) is 17.6 Å². The summed E-state index contributed by atoms with van der Waals surface area (Å²) in [6.07, 6.45) is -5.41. The van der Waals surface area contributed by atoms with Gasteiger partial charge in [0.1, 0.15) is 6.10 Å². The number of ether oxygens (including phenoxy) is 2. The van der Waals surface area contributed by atoms with Gasteiger partial charge >= 0.3 is 6.18 Å². The molecule has 6 nitrogen and oxygen atoms in total. The van der Waals surface area contributed by atoms with Gasteiger partial charge in [0.2, 0.25) is 11.7 Å². The first-order valence-corrected chi connectivity index (χ1v) is 9.13. The minimum Gasteiger partial charge on any atom is -0.493 e. The molecule has 2 aromatic rings. The van der Waals surface area contributed by atoms with Crippen molar-refractivity contribution >= 4 is 11.6 Å². The van der Waals surface area contributed by atoms with Gasteiger partial charge in [0.25, 0.3) is 5.91 Å². The van der Waals surface area contributed by atoms with Crippen LogP contribution in [0.2, 0.25) is 0 Å². The van der Waals surface area contributed by atoms with Gasteiger partial charge in [-0.05, 0) is 19.1 Å². The lowest BCUT2D eigenvalue weighted by Gasteiger charge is -2.32. The number of nitrogens with zero attached hydrogens (tertiary/aromatic N) is 1. The number of carbonyl (C=O) groups is 1. The smallest absolute Gasteiger partial charge is 0.417 e. The normalized spacial score (nSPS) is 26.0. The van der Waals surface area contributed by atoms with Crippen molar-refractivity contribution in [3.05, 3.63) is 47.7 Å². The number of benzene rings is 1. The third-order valence-electron chi connectivity index (χ3n) is 5.58. The van der Waals surface area contributed by atoms with Gasteiger partial charge in [-0.15, -0.1) is 0 Å². The summed E-state index contributed by atoms with van der Waals surface area (Å²) in [5.74, 6) is -7.32. The zero-order valence-corrected chi connectivity index (χ0v) is 16.6. The number of alkyl halides is 3. The average molecular weight is 446 g/mol. The first-order valence-electron chi connectivity index (χ1n) is 9.13. The number of hydrogen-bond donors (Lipinski definition) is 2. The molecule has 31 heavy (non-hydrogen) atoms. The molecule has 0 saturated carbocycles. The maximum Gasteiger partial charge on any atom is 0.417 e. The van der Waals surface area contributed by atoms with Crippen LogP contribution in [-0.4, -0.2) is 41.0 Å². The van der Waals surface area contributed by atoms with Crippen LogP contribution in [0.15, 0.2) is 30.5 Å². The topological polar surface area (TPSA) is 80.7 Å². The summed E-state index contributed by atoms with van der Waals surface area (Å²) in [5.41, 5.74) is -2.83. The van der Waals surface area contributed by atoms with Gasteiger partial charge in [-0.1, -0.05) is 13.0 Å². The zero-order valence-electron chi connectivity index (χ0n) is 16.6. The second-order valence-electron chi connectivity index (χ2n) is 7.33. The molecule has 2 N–H and O–H groups in total. The van der Waals surface area contributed by atoms with Gasteiger partial charge in [0.15, 0.2) is 17.2 Å². The second-order valence-corrected chi connectivity index (χ2v) is 7.33. The van der Waals surface area contributed by atoms with E-state index in [1.165, 1.54) is 19.2 Å². The molecule has 0 bridgehead atoms. The van der Waals surface area contributed by atoms with Crippen molar-refractivity contribution in [1.82, 2.24) is 4.98 Å². The second kappa shape index (κ2) is 7.95. The van der Waals surface area contributed by atoms with Gasteiger partial charge in [-0.25, -0.2) is 9.37 Å². The molecule has 1 fully saturated rings. The van der Waals surface area contributed by atoms with Crippen LogP contribution in [0.4, 0.5) is 27.6 Å². The highest BCUT2D eigenvalue weighted by molar-refractivity contribution is 5.95. The van der Waals surface area contributed by atoms with E-state index in [-0.39, 0.29) is 11.3 Å². The van der Waals surface area contributed by atoms with Gasteiger partial charge < -0.3 is 19.9 Å². The summed E-state index contributed by atoms with van der Waals surface area (Å²) in [6.45, 7) is 2.01. The molecule has 1 aromatic heterocycles. The lowest BCUT2D eigenvalue weighted by molar-refractivity contribution is -0.272. The average Bonchev–Trinajstić information content (AvgIpc) is 2.96. The van der Waals surface area contributed by atoms with Crippen molar-refractivity contribution in [2.45, 2.75) is 37.6 Å². The van der Waals surface area contributed by atoms with Crippen LogP contribution in [0.5, 0.6) is 11.6 Å². The molecule has 3 rings (SSSR count). The number of hydrogen-bond acceptors (Lipinski definition) is 5. The number of rotatable bonds is 4. The Morgan fingerprint density at radius 2 is 1.97 bits per heavy atom. The summed E-state index contributed by atoms with van der Waals surface area (Å²) >= 11 is 0. The van der Waals surface area contributed by atoms with E-state index in [4.69, 9.17) is 9.47 Å². The van der Waals surface area contributed by atoms with Crippen LogP contribution in [-0.2, 0) is 9.53 Å². The van der Waals surface area contributed by atoms with Crippen LogP contribution >= 0.6 is 0 Å². The molecule has 0 spiro atoms. The highest BCUT2D eigenvalue weighted by Crippen LogP contribution is 2.55. The number of halogens is 5. The van der Waals surface area contributed by atoms with E-state index in [0.717, 1.165) is 32.2 Å². The quantitative estimate of drug-likeness (QED) is 0.690. The molecule has 1 saturated heterocycles. The Morgan fingerprint density at radius 3 is 2.55 bits per heavy atom. The molecule has 1 amide bonds. The number of pyridine rings is 1. The SMILES string of the molecule is COc1c([C@H]2[C@H](C(=O)Nc3ccnc(O)c3)O[C@@](C)(C(F)(F)F)[C@H]2C)ccc(F)c1F. The third-order valence-corrected chi connectivity index (χ3v) is 5.58. The Balaban J connectivity index is 2.09. The Kier molecular flexibility index (Phi) is 5.83. The van der Waals surface area contributed by atoms with Gasteiger partial charge in [-0.3, -0.25) is 4.79 Å². The van der Waals surface area contributed by atoms with Crippen molar-refractivity contribution in [2.75, 3.05) is 12.4 Å². The third kappa shape index (κ3) is 3.89. The molecule has 1 aromatic carbocycles. The lowest BCUT2D eigenvalue weighted by Crippen LogP contribution is -2.47. The summed E-state index contributed by atoms with van der Waals surface area (Å²) < 4.78 is 79.7. The molecule has 2 heterocycles. The fourth-order valence-corrected chi connectivity index (χ4v) is 3.75. The molecule has 168 valence electrons. The Labute approximate surface area is 174 Å². The molecule has 1 aliphatic rings. The van der Waals surface area contributed by atoms with E-state index in [1.54, 1.807) is 0 Å². The lowest BCUT2D eigenvalue weighted by atomic mass is 9.77. The monoisotopic (exact) mass is 446 g/mol. The summed E-state index contributed by atoms with van der Waals surface area (Å²) in [5, 5.41) is 11.8.